The van der Waals surface area contributed by atoms with E-state index < -0.39 is 0 Å². The van der Waals surface area contributed by atoms with Gasteiger partial charge in [-0.05, 0) is 30.7 Å². The van der Waals surface area contributed by atoms with Crippen LogP contribution in [-0.2, 0) is 18.3 Å². The molecule has 0 radical (unpaired) electrons. The number of hydrogen-bond donors (Lipinski definition) is 1. The Bertz CT molecular complexity index is 1080. The Morgan fingerprint density at radius 1 is 1.15 bits per heavy atom. The van der Waals surface area contributed by atoms with Crippen LogP contribution in [0.4, 0.5) is 5.69 Å². The summed E-state index contributed by atoms with van der Waals surface area (Å²) in [4.78, 5) is 21.0. The topological polar surface area (TPSA) is 64.7 Å². The second-order valence-electron chi connectivity index (χ2n) is 6.26. The summed E-state index contributed by atoms with van der Waals surface area (Å²) >= 11 is 0. The SMILES string of the molecule is Cc1nccn1-c1ccc(NC(=O)Cc2cn(C)c3ccccc23)cn1. The van der Waals surface area contributed by atoms with Gasteiger partial charge in [0.25, 0.3) is 0 Å². The number of amides is 1. The van der Waals surface area contributed by atoms with Gasteiger partial charge in [-0.15, -0.1) is 0 Å². The summed E-state index contributed by atoms with van der Waals surface area (Å²) in [6.45, 7) is 1.92. The number of fused-ring (bicyclic) bond motifs is 1. The molecule has 0 unspecified atom stereocenters. The Balaban J connectivity index is 1.49. The Labute approximate surface area is 151 Å². The van der Waals surface area contributed by atoms with Crippen molar-refractivity contribution in [2.24, 2.45) is 7.05 Å². The first-order chi connectivity index (χ1) is 12.6. The lowest BCUT2D eigenvalue weighted by Crippen LogP contribution is -2.14. The van der Waals surface area contributed by atoms with Gasteiger partial charge in [0, 0.05) is 36.5 Å². The lowest BCUT2D eigenvalue weighted by molar-refractivity contribution is -0.115. The number of benzene rings is 1. The number of hydrogen-bond acceptors (Lipinski definition) is 3. The van der Waals surface area contributed by atoms with E-state index in [9.17, 15) is 4.79 Å². The maximum Gasteiger partial charge on any atom is 0.228 e. The summed E-state index contributed by atoms with van der Waals surface area (Å²) in [7, 11) is 1.99. The number of nitrogens with zero attached hydrogens (tertiary/aromatic N) is 4. The molecule has 0 spiro atoms. The van der Waals surface area contributed by atoms with Crippen LogP contribution in [0.5, 0.6) is 0 Å². The zero-order valence-electron chi connectivity index (χ0n) is 14.7. The molecule has 0 bridgehead atoms. The maximum absolute atomic E-state index is 12.4. The molecule has 1 N–H and O–H groups in total. The number of nitrogens with one attached hydrogen (secondary N) is 1. The van der Waals surface area contributed by atoms with Gasteiger partial charge in [-0.25, -0.2) is 9.97 Å². The lowest BCUT2D eigenvalue weighted by Gasteiger charge is -2.07. The molecule has 6 heteroatoms. The average molecular weight is 345 g/mol. The molecule has 3 aromatic heterocycles. The highest BCUT2D eigenvalue weighted by atomic mass is 16.1. The van der Waals surface area contributed by atoms with E-state index in [4.69, 9.17) is 0 Å². The zero-order valence-corrected chi connectivity index (χ0v) is 14.7. The fourth-order valence-corrected chi connectivity index (χ4v) is 3.17. The van der Waals surface area contributed by atoms with Crippen molar-refractivity contribution in [2.75, 3.05) is 5.32 Å². The number of pyridine rings is 1. The van der Waals surface area contributed by atoms with Crippen LogP contribution in [0.2, 0.25) is 0 Å². The Hall–Kier alpha value is -3.41. The van der Waals surface area contributed by atoms with Crippen molar-refractivity contribution in [3.63, 3.8) is 0 Å². The molecule has 0 aliphatic carbocycles. The fourth-order valence-electron chi connectivity index (χ4n) is 3.17. The van der Waals surface area contributed by atoms with Crippen molar-refractivity contribution < 1.29 is 4.79 Å². The average Bonchev–Trinajstić information content (AvgIpc) is 3.20. The zero-order chi connectivity index (χ0) is 18.1. The van der Waals surface area contributed by atoms with Gasteiger partial charge in [-0.2, -0.15) is 0 Å². The van der Waals surface area contributed by atoms with Crippen LogP contribution >= 0.6 is 0 Å². The minimum atomic E-state index is -0.0604. The number of rotatable bonds is 4. The summed E-state index contributed by atoms with van der Waals surface area (Å²) in [6, 6.07) is 11.8. The second kappa shape index (κ2) is 6.48. The van der Waals surface area contributed by atoms with E-state index >= 15 is 0 Å². The Morgan fingerprint density at radius 3 is 2.73 bits per heavy atom. The molecule has 3 heterocycles. The molecule has 0 atom stereocenters. The Kier molecular flexibility index (Phi) is 4.01. The van der Waals surface area contributed by atoms with Crippen molar-refractivity contribution in [3.05, 3.63) is 72.6 Å². The normalized spacial score (nSPS) is 11.0. The predicted molar refractivity (Wildman–Crippen MR) is 101 cm³/mol. The first-order valence-corrected chi connectivity index (χ1v) is 8.41. The van der Waals surface area contributed by atoms with Crippen LogP contribution in [0.1, 0.15) is 11.4 Å². The van der Waals surface area contributed by atoms with Crippen molar-refractivity contribution in [2.45, 2.75) is 13.3 Å². The predicted octanol–water partition coefficient (Wildman–Crippen LogP) is 3.25. The largest absolute Gasteiger partial charge is 0.350 e. The number of aromatic nitrogens is 4. The summed E-state index contributed by atoms with van der Waals surface area (Å²) in [5.41, 5.74) is 2.81. The highest BCUT2D eigenvalue weighted by Gasteiger charge is 2.11. The van der Waals surface area contributed by atoms with E-state index in [0.29, 0.717) is 12.1 Å². The smallest absolute Gasteiger partial charge is 0.228 e. The second-order valence-corrected chi connectivity index (χ2v) is 6.26. The summed E-state index contributed by atoms with van der Waals surface area (Å²) < 4.78 is 3.93. The number of para-hydroxylation sites is 1. The summed E-state index contributed by atoms with van der Waals surface area (Å²) in [5.74, 6) is 1.58. The van der Waals surface area contributed by atoms with Crippen molar-refractivity contribution in [3.8, 4) is 5.82 Å². The first kappa shape index (κ1) is 16.1. The van der Waals surface area contributed by atoms with Crippen molar-refractivity contribution >= 4 is 22.5 Å². The van der Waals surface area contributed by atoms with E-state index in [1.165, 1.54) is 0 Å². The van der Waals surface area contributed by atoms with Gasteiger partial charge in [0.2, 0.25) is 5.91 Å². The summed E-state index contributed by atoms with van der Waals surface area (Å²) in [5, 5.41) is 4.02. The number of aryl methyl sites for hydroxylation is 2. The van der Waals surface area contributed by atoms with E-state index in [0.717, 1.165) is 28.1 Å². The molecular formula is C20H19N5O. The van der Waals surface area contributed by atoms with Crippen LogP contribution in [0, 0.1) is 6.92 Å². The minimum absolute atomic E-state index is 0.0604. The van der Waals surface area contributed by atoms with Gasteiger partial charge in [0.15, 0.2) is 0 Å². The molecule has 26 heavy (non-hydrogen) atoms. The molecule has 6 nitrogen and oxygen atoms in total. The molecule has 0 saturated carbocycles. The molecule has 0 saturated heterocycles. The van der Waals surface area contributed by atoms with Crippen molar-refractivity contribution in [1.82, 2.24) is 19.1 Å². The molecule has 1 aromatic carbocycles. The van der Waals surface area contributed by atoms with Crippen LogP contribution in [0.25, 0.3) is 16.7 Å². The van der Waals surface area contributed by atoms with Crippen LogP contribution < -0.4 is 5.32 Å². The highest BCUT2D eigenvalue weighted by molar-refractivity contribution is 5.95. The third-order valence-electron chi connectivity index (χ3n) is 4.43. The van der Waals surface area contributed by atoms with E-state index in [1.54, 1.807) is 12.4 Å². The number of carbonyl (C=O) groups is 1. The van der Waals surface area contributed by atoms with Gasteiger partial charge in [-0.1, -0.05) is 18.2 Å². The van der Waals surface area contributed by atoms with Crippen LogP contribution in [0.3, 0.4) is 0 Å². The van der Waals surface area contributed by atoms with E-state index in [-0.39, 0.29) is 5.91 Å². The number of carbonyl (C=O) groups excluding carboxylic acids is 1. The standard InChI is InChI=1S/C20H19N5O/c1-14-21-9-10-25(14)19-8-7-16(12-22-19)23-20(26)11-15-13-24(2)18-6-4-3-5-17(15)18/h3-10,12-13H,11H2,1-2H3,(H,23,26). The minimum Gasteiger partial charge on any atom is -0.350 e. The maximum atomic E-state index is 12.4. The number of anilines is 1. The molecule has 4 aromatic rings. The molecule has 0 aliphatic heterocycles. The quantitative estimate of drug-likeness (QED) is 0.617. The first-order valence-electron chi connectivity index (χ1n) is 8.41. The van der Waals surface area contributed by atoms with Crippen LogP contribution in [0.15, 0.2) is 61.2 Å². The molecule has 130 valence electrons. The molecule has 0 aliphatic rings. The molecule has 4 rings (SSSR count). The van der Waals surface area contributed by atoms with Gasteiger partial charge in [0.1, 0.15) is 11.6 Å². The van der Waals surface area contributed by atoms with E-state index in [2.05, 4.69) is 21.4 Å². The summed E-state index contributed by atoms with van der Waals surface area (Å²) in [6.07, 6.45) is 7.58. The highest BCUT2D eigenvalue weighted by Crippen LogP contribution is 2.21. The van der Waals surface area contributed by atoms with Gasteiger partial charge < -0.3 is 9.88 Å². The molecular weight excluding hydrogens is 326 g/mol. The Morgan fingerprint density at radius 2 is 2.00 bits per heavy atom. The monoisotopic (exact) mass is 345 g/mol. The van der Waals surface area contributed by atoms with Gasteiger partial charge in [0.05, 0.1) is 18.3 Å². The van der Waals surface area contributed by atoms with Crippen LogP contribution in [-0.4, -0.2) is 25.0 Å². The third-order valence-corrected chi connectivity index (χ3v) is 4.43. The van der Waals surface area contributed by atoms with Crippen molar-refractivity contribution in [1.29, 1.82) is 0 Å². The van der Waals surface area contributed by atoms with Gasteiger partial charge in [-0.3, -0.25) is 9.36 Å². The molecule has 0 fully saturated rings. The van der Waals surface area contributed by atoms with E-state index in [1.807, 2.05) is 65.8 Å². The fraction of sp³-hybridized carbons (Fsp3) is 0.150. The molecule has 1 amide bonds. The third kappa shape index (κ3) is 2.97. The lowest BCUT2D eigenvalue weighted by atomic mass is 10.1. The number of imidazole rings is 1. The van der Waals surface area contributed by atoms with Gasteiger partial charge >= 0.3 is 0 Å².